The summed E-state index contributed by atoms with van der Waals surface area (Å²) in [5.74, 6) is -1.33. The molecule has 2 unspecified atom stereocenters. The maximum Gasteiger partial charge on any atom is 0.258 e. The van der Waals surface area contributed by atoms with Crippen molar-refractivity contribution in [2.75, 3.05) is 49.6 Å². The van der Waals surface area contributed by atoms with Crippen LogP contribution in [0.2, 0.25) is 0 Å². The van der Waals surface area contributed by atoms with Gasteiger partial charge in [0, 0.05) is 37.4 Å². The van der Waals surface area contributed by atoms with Crippen LogP contribution in [0.3, 0.4) is 0 Å². The lowest BCUT2D eigenvalue weighted by atomic mass is 10.1. The van der Waals surface area contributed by atoms with E-state index in [9.17, 15) is 13.2 Å². The number of rotatable bonds is 6. The first-order valence-corrected chi connectivity index (χ1v) is 12.6. The molecule has 2 aromatic heterocycles. The van der Waals surface area contributed by atoms with Crippen molar-refractivity contribution in [1.82, 2.24) is 19.9 Å². The highest BCUT2D eigenvalue weighted by Crippen LogP contribution is 2.41. The minimum atomic E-state index is -2.66. The molecule has 2 atom stereocenters. The third-order valence-electron chi connectivity index (χ3n) is 7.05. The first kappa shape index (κ1) is 26.1. The Balaban J connectivity index is 1.41. The molecule has 1 fully saturated rings. The normalized spacial score (nSPS) is 18.9. The number of alkyl halides is 2. The van der Waals surface area contributed by atoms with Gasteiger partial charge in [0.1, 0.15) is 17.6 Å². The molecular formula is C27H30F4N6O. The van der Waals surface area contributed by atoms with Crippen molar-refractivity contribution in [2.24, 2.45) is 0 Å². The van der Waals surface area contributed by atoms with Crippen molar-refractivity contribution in [2.45, 2.75) is 38.8 Å². The number of aromatic nitrogens is 3. The Morgan fingerprint density at radius 1 is 1.03 bits per heavy atom. The number of halogens is 4. The van der Waals surface area contributed by atoms with Crippen LogP contribution in [-0.4, -0.2) is 78.2 Å². The molecule has 1 aromatic carbocycles. The van der Waals surface area contributed by atoms with Gasteiger partial charge < -0.3 is 19.4 Å². The van der Waals surface area contributed by atoms with Gasteiger partial charge in [-0.1, -0.05) is 0 Å². The van der Waals surface area contributed by atoms with E-state index in [0.29, 0.717) is 11.5 Å². The van der Waals surface area contributed by atoms with E-state index in [1.54, 1.807) is 6.92 Å². The van der Waals surface area contributed by atoms with Crippen LogP contribution in [0.25, 0.3) is 11.3 Å². The summed E-state index contributed by atoms with van der Waals surface area (Å²) in [7, 11) is 2.10. The molecule has 11 heteroatoms. The highest BCUT2D eigenvalue weighted by molar-refractivity contribution is 5.72. The first-order valence-electron chi connectivity index (χ1n) is 12.6. The Morgan fingerprint density at radius 2 is 1.79 bits per heavy atom. The lowest BCUT2D eigenvalue weighted by molar-refractivity contribution is 0.108. The van der Waals surface area contributed by atoms with E-state index < -0.39 is 30.2 Å². The summed E-state index contributed by atoms with van der Waals surface area (Å²) in [5.41, 5.74) is 1.88. The molecule has 0 N–H and O–H groups in total. The van der Waals surface area contributed by atoms with Crippen LogP contribution in [0.1, 0.15) is 25.4 Å². The molecule has 5 rings (SSSR count). The van der Waals surface area contributed by atoms with E-state index in [4.69, 9.17) is 4.74 Å². The highest BCUT2D eigenvalue weighted by atomic mass is 19.3. The van der Waals surface area contributed by atoms with Crippen LogP contribution in [-0.2, 0) is 6.42 Å². The monoisotopic (exact) mass is 530 g/mol. The number of nitrogens with zero attached hydrogens (tertiary/aromatic N) is 6. The van der Waals surface area contributed by atoms with Gasteiger partial charge in [-0.25, -0.2) is 27.5 Å². The van der Waals surface area contributed by atoms with E-state index in [2.05, 4.69) is 31.8 Å². The number of benzene rings is 1. The lowest BCUT2D eigenvalue weighted by Crippen LogP contribution is -2.46. The molecular weight excluding hydrogens is 500 g/mol. The molecule has 4 heterocycles. The summed E-state index contributed by atoms with van der Waals surface area (Å²) < 4.78 is 62.7. The van der Waals surface area contributed by atoms with Gasteiger partial charge in [0.15, 0.2) is 17.4 Å². The van der Waals surface area contributed by atoms with Gasteiger partial charge >= 0.3 is 0 Å². The standard InChI is InChI=1S/C27H30F4N6O/c1-16-15-37(17(2)27(30)31)23-11-18(10-21(28)26(23)38-16)25-22(29)14-33-24(34-25)12-19-4-5-20(13-32-19)36-8-6-35(3)7-9-36/h4-5,10-11,13-14,16-17,27H,6-9,12,15H2,1-3H3. The smallest absolute Gasteiger partial charge is 0.258 e. The SMILES string of the molecule is CC1CN(C(C)C(F)F)c2cc(-c3nc(Cc4ccc(N5CCN(C)CC5)cn4)ncc3F)cc(F)c2O1. The van der Waals surface area contributed by atoms with Gasteiger partial charge in [-0.3, -0.25) is 4.98 Å². The van der Waals surface area contributed by atoms with Crippen LogP contribution in [0.4, 0.5) is 28.9 Å². The average Bonchev–Trinajstić information content (AvgIpc) is 2.90. The van der Waals surface area contributed by atoms with Crippen molar-refractivity contribution in [3.63, 3.8) is 0 Å². The zero-order valence-electron chi connectivity index (χ0n) is 21.5. The number of ether oxygens (including phenoxy) is 1. The number of hydrogen-bond donors (Lipinski definition) is 0. The van der Waals surface area contributed by atoms with Crippen LogP contribution in [0.5, 0.6) is 5.75 Å². The van der Waals surface area contributed by atoms with E-state index in [1.807, 2.05) is 18.3 Å². The molecule has 2 aliphatic rings. The number of pyridine rings is 1. The molecule has 38 heavy (non-hydrogen) atoms. The molecule has 0 bridgehead atoms. The second kappa shape index (κ2) is 10.7. The third kappa shape index (κ3) is 5.38. The predicted molar refractivity (Wildman–Crippen MR) is 137 cm³/mol. The number of hydrogen-bond acceptors (Lipinski definition) is 7. The average molecular weight is 531 g/mol. The molecule has 0 spiro atoms. The van der Waals surface area contributed by atoms with Crippen LogP contribution in [0.15, 0.2) is 36.7 Å². The summed E-state index contributed by atoms with van der Waals surface area (Å²) in [5, 5.41) is 0. The maximum absolute atomic E-state index is 15.1. The molecule has 0 radical (unpaired) electrons. The van der Waals surface area contributed by atoms with Gasteiger partial charge in [0.25, 0.3) is 6.43 Å². The van der Waals surface area contributed by atoms with Crippen LogP contribution >= 0.6 is 0 Å². The molecule has 0 amide bonds. The molecule has 0 saturated carbocycles. The number of likely N-dealkylation sites (N-methyl/N-ethyl adjacent to an activating group) is 1. The fourth-order valence-electron chi connectivity index (χ4n) is 4.81. The van der Waals surface area contributed by atoms with Gasteiger partial charge in [-0.15, -0.1) is 0 Å². The molecule has 2 aliphatic heterocycles. The molecule has 3 aromatic rings. The summed E-state index contributed by atoms with van der Waals surface area (Å²) in [4.78, 5) is 18.9. The van der Waals surface area contributed by atoms with E-state index in [0.717, 1.165) is 44.1 Å². The zero-order valence-corrected chi connectivity index (χ0v) is 21.5. The quantitative estimate of drug-likeness (QED) is 0.438. The summed E-state index contributed by atoms with van der Waals surface area (Å²) in [6.07, 6.45) is -0.0482. The molecule has 7 nitrogen and oxygen atoms in total. The van der Waals surface area contributed by atoms with Crippen molar-refractivity contribution >= 4 is 11.4 Å². The van der Waals surface area contributed by atoms with Crippen molar-refractivity contribution in [1.29, 1.82) is 0 Å². The Labute approximate surface area is 219 Å². The Bertz CT molecular complexity index is 1280. The van der Waals surface area contributed by atoms with Gasteiger partial charge in [-0.05, 0) is 45.2 Å². The molecule has 1 saturated heterocycles. The first-order chi connectivity index (χ1) is 18.2. The third-order valence-corrected chi connectivity index (χ3v) is 7.05. The van der Waals surface area contributed by atoms with E-state index >= 15 is 4.39 Å². The molecule has 0 aliphatic carbocycles. The second-order valence-corrected chi connectivity index (χ2v) is 9.92. The Hall–Kier alpha value is -3.47. The topological polar surface area (TPSA) is 57.6 Å². The fraction of sp³-hybridized carbons (Fsp3) is 0.444. The minimum Gasteiger partial charge on any atom is -0.484 e. The summed E-state index contributed by atoms with van der Waals surface area (Å²) in [6, 6.07) is 5.26. The Kier molecular flexibility index (Phi) is 7.38. The summed E-state index contributed by atoms with van der Waals surface area (Å²) >= 11 is 0. The number of piperazine rings is 1. The predicted octanol–water partition coefficient (Wildman–Crippen LogP) is 4.40. The van der Waals surface area contributed by atoms with Crippen molar-refractivity contribution in [3.05, 3.63) is 59.8 Å². The second-order valence-electron chi connectivity index (χ2n) is 9.92. The number of anilines is 2. The van der Waals surface area contributed by atoms with Crippen LogP contribution in [0, 0.1) is 11.6 Å². The Morgan fingerprint density at radius 3 is 2.47 bits per heavy atom. The maximum atomic E-state index is 15.1. The fourth-order valence-corrected chi connectivity index (χ4v) is 4.81. The van der Waals surface area contributed by atoms with E-state index in [1.165, 1.54) is 17.9 Å². The molecule has 202 valence electrons. The van der Waals surface area contributed by atoms with Crippen molar-refractivity contribution < 1.29 is 22.3 Å². The lowest BCUT2D eigenvalue weighted by Gasteiger charge is -2.38. The van der Waals surface area contributed by atoms with Gasteiger partial charge in [-0.2, -0.15) is 0 Å². The highest BCUT2D eigenvalue weighted by Gasteiger charge is 2.33. The number of fused-ring (bicyclic) bond motifs is 1. The zero-order chi connectivity index (χ0) is 27.0. The van der Waals surface area contributed by atoms with E-state index in [-0.39, 0.29) is 35.7 Å². The minimum absolute atomic E-state index is 0.116. The summed E-state index contributed by atoms with van der Waals surface area (Å²) in [6.45, 7) is 7.02. The van der Waals surface area contributed by atoms with Gasteiger partial charge in [0.05, 0.1) is 42.8 Å². The van der Waals surface area contributed by atoms with Crippen molar-refractivity contribution in [3.8, 4) is 17.0 Å². The van der Waals surface area contributed by atoms with Gasteiger partial charge in [0.2, 0.25) is 0 Å². The van der Waals surface area contributed by atoms with Crippen LogP contribution < -0.4 is 14.5 Å². The largest absolute Gasteiger partial charge is 0.484 e.